The second kappa shape index (κ2) is 11.8. The van der Waals surface area contributed by atoms with Crippen LogP contribution in [0.4, 0.5) is 0 Å². The standard InChI is InChI=1S/C13H24OS/c1-3-4-5-6-7-8-9-10-11-12-15-13(2)14/h11-12H,3-10H2,1-2H3/b12-11+. The molecule has 0 aliphatic carbocycles. The molecule has 0 radical (unpaired) electrons. The highest BCUT2D eigenvalue weighted by atomic mass is 32.2. The molecule has 0 heterocycles. The molecule has 0 atom stereocenters. The van der Waals surface area contributed by atoms with Gasteiger partial charge in [0.25, 0.3) is 0 Å². The van der Waals surface area contributed by atoms with E-state index in [2.05, 4.69) is 13.0 Å². The van der Waals surface area contributed by atoms with Gasteiger partial charge in [0.2, 0.25) is 0 Å². The van der Waals surface area contributed by atoms with Crippen LogP contribution >= 0.6 is 11.8 Å². The first-order chi connectivity index (χ1) is 7.27. The number of carbonyl (C=O) groups is 1. The summed E-state index contributed by atoms with van der Waals surface area (Å²) in [7, 11) is 0. The van der Waals surface area contributed by atoms with Gasteiger partial charge in [-0.2, -0.15) is 0 Å². The Bertz CT molecular complexity index is 175. The van der Waals surface area contributed by atoms with Crippen LogP contribution in [0.2, 0.25) is 0 Å². The summed E-state index contributed by atoms with van der Waals surface area (Å²) >= 11 is 1.29. The summed E-state index contributed by atoms with van der Waals surface area (Å²) in [6.45, 7) is 3.85. The van der Waals surface area contributed by atoms with Crippen LogP contribution in [-0.2, 0) is 4.79 Å². The Hall–Kier alpha value is -0.240. The molecule has 0 amide bonds. The molecule has 0 aliphatic heterocycles. The molecule has 0 fully saturated rings. The fourth-order valence-electron chi connectivity index (χ4n) is 1.43. The van der Waals surface area contributed by atoms with Gasteiger partial charge in [-0.3, -0.25) is 4.79 Å². The van der Waals surface area contributed by atoms with Crippen LogP contribution in [0.15, 0.2) is 11.5 Å². The molecule has 0 aromatic carbocycles. The van der Waals surface area contributed by atoms with Crippen molar-refractivity contribution in [3.05, 3.63) is 11.5 Å². The first-order valence-corrected chi connectivity index (χ1v) is 6.97. The maximum atomic E-state index is 10.6. The van der Waals surface area contributed by atoms with E-state index >= 15 is 0 Å². The van der Waals surface area contributed by atoms with Crippen molar-refractivity contribution in [3.8, 4) is 0 Å². The summed E-state index contributed by atoms with van der Waals surface area (Å²) in [4.78, 5) is 10.6. The predicted molar refractivity (Wildman–Crippen MR) is 70.0 cm³/mol. The van der Waals surface area contributed by atoms with E-state index in [1.54, 1.807) is 6.92 Å². The van der Waals surface area contributed by atoms with Gasteiger partial charge < -0.3 is 0 Å². The quantitative estimate of drug-likeness (QED) is 0.521. The van der Waals surface area contributed by atoms with Gasteiger partial charge in [-0.25, -0.2) is 0 Å². The first kappa shape index (κ1) is 14.8. The second-order valence-corrected chi connectivity index (χ2v) is 4.97. The summed E-state index contributed by atoms with van der Waals surface area (Å²) in [5, 5.41) is 2.09. The van der Waals surface area contributed by atoms with Gasteiger partial charge in [0.15, 0.2) is 5.12 Å². The van der Waals surface area contributed by atoms with Crippen molar-refractivity contribution in [1.29, 1.82) is 0 Å². The molecule has 0 rings (SSSR count). The molecule has 0 aromatic heterocycles. The fraction of sp³-hybridized carbons (Fsp3) is 0.769. The van der Waals surface area contributed by atoms with Gasteiger partial charge >= 0.3 is 0 Å². The lowest BCUT2D eigenvalue weighted by Crippen LogP contribution is -1.79. The van der Waals surface area contributed by atoms with Crippen molar-refractivity contribution in [2.75, 3.05) is 0 Å². The summed E-state index contributed by atoms with van der Waals surface area (Å²) < 4.78 is 0. The van der Waals surface area contributed by atoms with Crippen molar-refractivity contribution in [2.45, 2.75) is 65.2 Å². The van der Waals surface area contributed by atoms with Crippen LogP contribution in [0.3, 0.4) is 0 Å². The minimum Gasteiger partial charge on any atom is -0.287 e. The molecule has 2 heteroatoms. The van der Waals surface area contributed by atoms with E-state index in [0.717, 1.165) is 6.42 Å². The Kier molecular flexibility index (Phi) is 11.6. The van der Waals surface area contributed by atoms with E-state index in [1.165, 1.54) is 56.7 Å². The largest absolute Gasteiger partial charge is 0.287 e. The zero-order valence-electron chi connectivity index (χ0n) is 10.1. The number of hydrogen-bond donors (Lipinski definition) is 0. The lowest BCUT2D eigenvalue weighted by molar-refractivity contribution is -0.109. The van der Waals surface area contributed by atoms with Gasteiger partial charge in [-0.1, -0.05) is 63.3 Å². The van der Waals surface area contributed by atoms with Gasteiger partial charge in [0.1, 0.15) is 0 Å². The highest BCUT2D eigenvalue weighted by Crippen LogP contribution is 2.10. The lowest BCUT2D eigenvalue weighted by atomic mass is 10.1. The molecule has 0 bridgehead atoms. The normalized spacial score (nSPS) is 11.1. The molecule has 15 heavy (non-hydrogen) atoms. The molecule has 88 valence electrons. The fourth-order valence-corrected chi connectivity index (χ4v) is 1.86. The molecule has 0 saturated heterocycles. The van der Waals surface area contributed by atoms with Gasteiger partial charge in [0.05, 0.1) is 0 Å². The zero-order valence-corrected chi connectivity index (χ0v) is 10.9. The number of allylic oxidation sites excluding steroid dienone is 1. The number of unbranched alkanes of at least 4 members (excludes halogenated alkanes) is 7. The maximum absolute atomic E-state index is 10.6. The summed E-state index contributed by atoms with van der Waals surface area (Å²) in [5.74, 6) is 0. The van der Waals surface area contributed by atoms with Gasteiger partial charge in [0, 0.05) is 6.92 Å². The van der Waals surface area contributed by atoms with E-state index in [4.69, 9.17) is 0 Å². The average molecular weight is 228 g/mol. The van der Waals surface area contributed by atoms with E-state index < -0.39 is 0 Å². The maximum Gasteiger partial charge on any atom is 0.190 e. The number of hydrogen-bond acceptors (Lipinski definition) is 2. The molecule has 1 nitrogen and oxygen atoms in total. The van der Waals surface area contributed by atoms with Crippen LogP contribution < -0.4 is 0 Å². The molecular formula is C13H24OS. The molecule has 0 unspecified atom stereocenters. The Morgan fingerprint density at radius 2 is 1.67 bits per heavy atom. The van der Waals surface area contributed by atoms with E-state index in [-0.39, 0.29) is 5.12 Å². The van der Waals surface area contributed by atoms with Crippen LogP contribution in [0.25, 0.3) is 0 Å². The van der Waals surface area contributed by atoms with Crippen LogP contribution in [0.5, 0.6) is 0 Å². The number of rotatable bonds is 9. The smallest absolute Gasteiger partial charge is 0.190 e. The SMILES string of the molecule is CCCCCCCCC/C=C/SC(C)=O. The summed E-state index contributed by atoms with van der Waals surface area (Å²) in [6.07, 6.45) is 12.7. The monoisotopic (exact) mass is 228 g/mol. The molecule has 0 aromatic rings. The van der Waals surface area contributed by atoms with Crippen molar-refractivity contribution >= 4 is 16.9 Å². The van der Waals surface area contributed by atoms with Gasteiger partial charge in [-0.15, -0.1) is 0 Å². The van der Waals surface area contributed by atoms with Gasteiger partial charge in [-0.05, 0) is 18.2 Å². The number of thioether (sulfide) groups is 1. The zero-order chi connectivity index (χ0) is 11.4. The minimum absolute atomic E-state index is 0.172. The van der Waals surface area contributed by atoms with Crippen molar-refractivity contribution in [3.63, 3.8) is 0 Å². The molecule has 0 saturated carbocycles. The third-order valence-corrected chi connectivity index (χ3v) is 2.97. The van der Waals surface area contributed by atoms with Crippen LogP contribution in [0, 0.1) is 0 Å². The highest BCUT2D eigenvalue weighted by molar-refractivity contribution is 8.16. The third kappa shape index (κ3) is 13.8. The Balaban J connectivity index is 3.04. The van der Waals surface area contributed by atoms with Crippen molar-refractivity contribution in [1.82, 2.24) is 0 Å². The molecule has 0 aliphatic rings. The topological polar surface area (TPSA) is 17.1 Å². The van der Waals surface area contributed by atoms with Crippen LogP contribution in [0.1, 0.15) is 65.2 Å². The first-order valence-electron chi connectivity index (χ1n) is 6.09. The molecule has 0 N–H and O–H groups in total. The minimum atomic E-state index is 0.172. The second-order valence-electron chi connectivity index (χ2n) is 3.89. The van der Waals surface area contributed by atoms with Crippen LogP contribution in [-0.4, -0.2) is 5.12 Å². The Labute approximate surface area is 98.7 Å². The average Bonchev–Trinajstić information content (AvgIpc) is 2.20. The predicted octanol–water partition coefficient (Wildman–Crippen LogP) is 4.92. The molecule has 0 spiro atoms. The summed E-state index contributed by atoms with van der Waals surface area (Å²) in [6, 6.07) is 0. The lowest BCUT2D eigenvalue weighted by Gasteiger charge is -1.98. The number of carbonyl (C=O) groups excluding carboxylic acids is 1. The van der Waals surface area contributed by atoms with Crippen molar-refractivity contribution in [2.24, 2.45) is 0 Å². The van der Waals surface area contributed by atoms with E-state index in [1.807, 2.05) is 5.41 Å². The van der Waals surface area contributed by atoms with Crippen molar-refractivity contribution < 1.29 is 4.79 Å². The Morgan fingerprint density at radius 3 is 2.27 bits per heavy atom. The summed E-state index contributed by atoms with van der Waals surface area (Å²) in [5.41, 5.74) is 0. The van der Waals surface area contributed by atoms with E-state index in [0.29, 0.717) is 0 Å². The third-order valence-electron chi connectivity index (χ3n) is 2.30. The highest BCUT2D eigenvalue weighted by Gasteiger charge is 1.90. The van der Waals surface area contributed by atoms with E-state index in [9.17, 15) is 4.79 Å². The Morgan fingerprint density at radius 1 is 1.07 bits per heavy atom. The molecular weight excluding hydrogens is 204 g/mol.